The van der Waals surface area contributed by atoms with Gasteiger partial charge in [-0.05, 0) is 31.6 Å². The highest BCUT2D eigenvalue weighted by atomic mass is 32.1. The molecule has 19 heavy (non-hydrogen) atoms. The Balaban J connectivity index is 2.65. The summed E-state index contributed by atoms with van der Waals surface area (Å²) in [5.74, 6) is -0.569. The van der Waals surface area contributed by atoms with Gasteiger partial charge in [-0.15, -0.1) is 11.3 Å². The Labute approximate surface area is 117 Å². The zero-order valence-electron chi connectivity index (χ0n) is 11.5. The fourth-order valence-electron chi connectivity index (χ4n) is 1.56. The van der Waals surface area contributed by atoms with E-state index in [4.69, 9.17) is 0 Å². The Kier molecular flexibility index (Phi) is 6.29. The first-order chi connectivity index (χ1) is 9.06. The van der Waals surface area contributed by atoms with Crippen LogP contribution in [0.3, 0.4) is 0 Å². The highest BCUT2D eigenvalue weighted by molar-refractivity contribution is 7.12. The molecule has 1 aromatic heterocycles. The lowest BCUT2D eigenvalue weighted by Crippen LogP contribution is -2.35. The van der Waals surface area contributed by atoms with Gasteiger partial charge < -0.3 is 9.64 Å². The quantitative estimate of drug-likeness (QED) is 0.594. The largest absolute Gasteiger partial charge is 0.468 e. The minimum absolute atomic E-state index is 0.00299. The Morgan fingerprint density at radius 1 is 1.42 bits per heavy atom. The number of carbonyl (C=O) groups is 2. The molecule has 0 aliphatic rings. The van der Waals surface area contributed by atoms with Crippen LogP contribution >= 0.6 is 11.3 Å². The number of thiophene rings is 1. The summed E-state index contributed by atoms with van der Waals surface area (Å²) in [5.41, 5.74) is 0. The molecule has 0 aliphatic heterocycles. The van der Waals surface area contributed by atoms with Crippen LogP contribution in [0.25, 0.3) is 6.08 Å². The second-order valence-corrected chi connectivity index (χ2v) is 5.44. The molecule has 0 N–H and O–H groups in total. The van der Waals surface area contributed by atoms with Crippen LogP contribution in [-0.2, 0) is 14.3 Å². The topological polar surface area (TPSA) is 46.6 Å². The first-order valence-electron chi connectivity index (χ1n) is 6.17. The zero-order valence-corrected chi connectivity index (χ0v) is 12.3. The molecule has 1 aromatic rings. The second-order valence-electron chi connectivity index (χ2n) is 4.12. The van der Waals surface area contributed by atoms with Crippen LogP contribution in [0.1, 0.15) is 23.1 Å². The summed E-state index contributed by atoms with van der Waals surface area (Å²) in [6, 6.07) is 3.97. The molecule has 1 heterocycles. The third-order valence-corrected chi connectivity index (χ3v) is 3.47. The van der Waals surface area contributed by atoms with Crippen molar-refractivity contribution in [2.45, 2.75) is 20.3 Å². The van der Waals surface area contributed by atoms with Crippen LogP contribution in [0.15, 0.2) is 18.2 Å². The Bertz CT molecular complexity index is 465. The number of amides is 1. The van der Waals surface area contributed by atoms with E-state index in [0.29, 0.717) is 6.54 Å². The number of methoxy groups -OCH3 is 1. The fourth-order valence-corrected chi connectivity index (χ4v) is 2.34. The van der Waals surface area contributed by atoms with Crippen LogP contribution in [0, 0.1) is 6.92 Å². The van der Waals surface area contributed by atoms with Gasteiger partial charge in [0.05, 0.1) is 7.11 Å². The SMILES string of the molecule is CCCN(CC(=O)OC)C(=O)C=Cc1ccc(C)s1. The number of ether oxygens (including phenoxy) is 1. The molecule has 1 rings (SSSR count). The molecule has 1 amide bonds. The summed E-state index contributed by atoms with van der Waals surface area (Å²) >= 11 is 1.62. The van der Waals surface area contributed by atoms with Crippen molar-refractivity contribution in [2.24, 2.45) is 0 Å². The highest BCUT2D eigenvalue weighted by Crippen LogP contribution is 2.16. The standard InChI is InChI=1S/C14H19NO3S/c1-4-9-15(10-14(17)18-3)13(16)8-7-12-6-5-11(2)19-12/h5-8H,4,9-10H2,1-3H3. The number of rotatable bonds is 6. The van der Waals surface area contributed by atoms with Gasteiger partial charge in [0.15, 0.2) is 0 Å². The number of hydrogen-bond donors (Lipinski definition) is 0. The molecule has 0 unspecified atom stereocenters. The number of hydrogen-bond acceptors (Lipinski definition) is 4. The zero-order chi connectivity index (χ0) is 14.3. The maximum Gasteiger partial charge on any atom is 0.325 e. The molecule has 0 aliphatic carbocycles. The van der Waals surface area contributed by atoms with Crippen LogP contribution in [0.5, 0.6) is 0 Å². The molecule has 104 valence electrons. The lowest BCUT2D eigenvalue weighted by molar-refractivity contribution is -0.145. The summed E-state index contributed by atoms with van der Waals surface area (Å²) in [5, 5.41) is 0. The van der Waals surface area contributed by atoms with Crippen molar-refractivity contribution in [3.8, 4) is 0 Å². The first kappa shape index (κ1) is 15.4. The Morgan fingerprint density at radius 3 is 2.68 bits per heavy atom. The highest BCUT2D eigenvalue weighted by Gasteiger charge is 2.14. The van der Waals surface area contributed by atoms with Gasteiger partial charge in [0.1, 0.15) is 6.54 Å². The first-order valence-corrected chi connectivity index (χ1v) is 6.98. The van der Waals surface area contributed by atoms with E-state index >= 15 is 0 Å². The van der Waals surface area contributed by atoms with E-state index < -0.39 is 5.97 Å². The predicted octanol–water partition coefficient (Wildman–Crippen LogP) is 2.48. The molecule has 0 bridgehead atoms. The maximum absolute atomic E-state index is 12.0. The van der Waals surface area contributed by atoms with Crippen molar-refractivity contribution in [3.05, 3.63) is 28.0 Å². The Hall–Kier alpha value is -1.62. The molecule has 0 saturated carbocycles. The van der Waals surface area contributed by atoms with Crippen molar-refractivity contribution in [1.82, 2.24) is 4.90 Å². The van der Waals surface area contributed by atoms with Crippen LogP contribution < -0.4 is 0 Å². The number of esters is 1. The maximum atomic E-state index is 12.0. The van der Waals surface area contributed by atoms with E-state index in [9.17, 15) is 9.59 Å². The summed E-state index contributed by atoms with van der Waals surface area (Å²) in [6.07, 6.45) is 4.08. The van der Waals surface area contributed by atoms with Crippen molar-refractivity contribution >= 4 is 29.3 Å². The lowest BCUT2D eigenvalue weighted by Gasteiger charge is -2.18. The van der Waals surface area contributed by atoms with Crippen LogP contribution in [-0.4, -0.2) is 37.0 Å². The molecule has 0 fully saturated rings. The normalized spacial score (nSPS) is 10.7. The van der Waals surface area contributed by atoms with Gasteiger partial charge in [-0.3, -0.25) is 9.59 Å². The molecule has 0 atom stereocenters. The average molecular weight is 281 g/mol. The number of carbonyl (C=O) groups excluding carboxylic acids is 2. The molecular weight excluding hydrogens is 262 g/mol. The van der Waals surface area contributed by atoms with Crippen molar-refractivity contribution < 1.29 is 14.3 Å². The van der Waals surface area contributed by atoms with E-state index in [2.05, 4.69) is 4.74 Å². The molecular formula is C14H19NO3S. The average Bonchev–Trinajstić information content (AvgIpc) is 2.81. The van der Waals surface area contributed by atoms with Crippen LogP contribution in [0.2, 0.25) is 0 Å². The monoisotopic (exact) mass is 281 g/mol. The van der Waals surface area contributed by atoms with Gasteiger partial charge in [0, 0.05) is 22.4 Å². The summed E-state index contributed by atoms with van der Waals surface area (Å²) in [4.78, 5) is 27.0. The summed E-state index contributed by atoms with van der Waals surface area (Å²) in [7, 11) is 1.32. The molecule has 0 saturated heterocycles. The molecule has 0 spiro atoms. The van der Waals surface area contributed by atoms with E-state index in [1.807, 2.05) is 26.0 Å². The van der Waals surface area contributed by atoms with E-state index in [1.165, 1.54) is 23.0 Å². The van der Waals surface area contributed by atoms with Crippen molar-refractivity contribution in [1.29, 1.82) is 0 Å². The lowest BCUT2D eigenvalue weighted by atomic mass is 10.3. The number of nitrogens with zero attached hydrogens (tertiary/aromatic N) is 1. The van der Waals surface area contributed by atoms with E-state index in [-0.39, 0.29) is 12.5 Å². The molecule has 0 radical (unpaired) electrons. The second kappa shape index (κ2) is 7.74. The smallest absolute Gasteiger partial charge is 0.325 e. The summed E-state index contributed by atoms with van der Waals surface area (Å²) in [6.45, 7) is 4.52. The Morgan fingerprint density at radius 2 is 2.16 bits per heavy atom. The van der Waals surface area contributed by atoms with Gasteiger partial charge in [-0.2, -0.15) is 0 Å². The number of aryl methyl sites for hydroxylation is 1. The molecule has 5 heteroatoms. The fraction of sp³-hybridized carbons (Fsp3) is 0.429. The van der Waals surface area contributed by atoms with E-state index in [0.717, 1.165) is 11.3 Å². The summed E-state index contributed by atoms with van der Waals surface area (Å²) < 4.78 is 4.59. The molecule has 0 aromatic carbocycles. The van der Waals surface area contributed by atoms with Gasteiger partial charge >= 0.3 is 5.97 Å². The third kappa shape index (κ3) is 5.26. The van der Waals surface area contributed by atoms with Gasteiger partial charge in [-0.25, -0.2) is 0 Å². The third-order valence-electron chi connectivity index (χ3n) is 2.50. The van der Waals surface area contributed by atoms with E-state index in [1.54, 1.807) is 17.4 Å². The minimum atomic E-state index is -0.401. The van der Waals surface area contributed by atoms with Crippen molar-refractivity contribution in [3.63, 3.8) is 0 Å². The molecule has 4 nitrogen and oxygen atoms in total. The van der Waals surface area contributed by atoms with Gasteiger partial charge in [0.25, 0.3) is 0 Å². The minimum Gasteiger partial charge on any atom is -0.468 e. The van der Waals surface area contributed by atoms with Gasteiger partial charge in [-0.1, -0.05) is 6.92 Å². The predicted molar refractivity (Wildman–Crippen MR) is 77.0 cm³/mol. The van der Waals surface area contributed by atoms with Gasteiger partial charge in [0.2, 0.25) is 5.91 Å². The van der Waals surface area contributed by atoms with Crippen LogP contribution in [0.4, 0.5) is 0 Å². The van der Waals surface area contributed by atoms with Crippen molar-refractivity contribution in [2.75, 3.05) is 20.2 Å².